The third-order valence-electron chi connectivity index (χ3n) is 7.42. The van der Waals surface area contributed by atoms with Crippen LogP contribution in [0.5, 0.6) is 0 Å². The summed E-state index contributed by atoms with van der Waals surface area (Å²) >= 11 is 0. The smallest absolute Gasteiger partial charge is 0.307 e. The highest BCUT2D eigenvalue weighted by molar-refractivity contribution is 5.85. The Morgan fingerprint density at radius 3 is 2.17 bits per heavy atom. The molecule has 3 heteroatoms. The fourth-order valence-electron chi connectivity index (χ4n) is 4.99. The van der Waals surface area contributed by atoms with Crippen molar-refractivity contribution in [3.8, 4) is 11.8 Å². The molecule has 2 aromatic rings. The van der Waals surface area contributed by atoms with Crippen LogP contribution in [0.2, 0.25) is 0 Å². The molecular weight excluding hydrogens is 514 g/mol. The summed E-state index contributed by atoms with van der Waals surface area (Å²) in [6.45, 7) is 9.21. The number of ether oxygens (including phenoxy) is 1. The van der Waals surface area contributed by atoms with Crippen molar-refractivity contribution in [2.75, 3.05) is 7.05 Å². The minimum atomic E-state index is -0.464. The average Bonchev–Trinajstić information content (AvgIpc) is 2.96. The van der Waals surface area contributed by atoms with E-state index in [4.69, 9.17) is 4.74 Å². The summed E-state index contributed by atoms with van der Waals surface area (Å²) in [5, 5.41) is 2.44. The lowest BCUT2D eigenvalue weighted by atomic mass is 9.98. The third kappa shape index (κ3) is 16.0. The van der Waals surface area contributed by atoms with Crippen LogP contribution in [0.4, 0.5) is 0 Å². The van der Waals surface area contributed by atoms with E-state index in [1.807, 2.05) is 19.2 Å². The lowest BCUT2D eigenvalue weighted by Crippen LogP contribution is -2.34. The Morgan fingerprint density at radius 2 is 1.48 bits per heavy atom. The first-order valence-electron chi connectivity index (χ1n) is 16.5. The normalized spacial score (nSPS) is 12.7. The molecule has 0 bridgehead atoms. The summed E-state index contributed by atoms with van der Waals surface area (Å²) in [6.07, 6.45) is 24.6. The summed E-state index contributed by atoms with van der Waals surface area (Å²) in [4.78, 5) is 14.9. The zero-order valence-electron chi connectivity index (χ0n) is 27.3. The molecule has 0 fully saturated rings. The average molecular weight is 572 g/mol. The van der Waals surface area contributed by atoms with Gasteiger partial charge in [-0.2, -0.15) is 0 Å². The molecule has 0 aliphatic rings. The van der Waals surface area contributed by atoms with E-state index in [0.29, 0.717) is 13.0 Å². The van der Waals surface area contributed by atoms with Crippen LogP contribution in [0, 0.1) is 17.3 Å². The highest BCUT2D eigenvalue weighted by Crippen LogP contribution is 2.21. The first-order chi connectivity index (χ1) is 20.3. The predicted octanol–water partition coefficient (Wildman–Crippen LogP) is 10.8. The topological polar surface area (TPSA) is 29.5 Å². The van der Waals surface area contributed by atoms with Crippen LogP contribution in [0.25, 0.3) is 10.8 Å². The van der Waals surface area contributed by atoms with E-state index < -0.39 is 6.23 Å². The SMILES string of the molecule is CCCCCCCC/C=C\CCCCCCCC(=O)OC(/C=C/C#CC(C)(C)C)N(C)Cc1cccc2ccccc12. The molecule has 230 valence electrons. The first-order valence-corrected chi connectivity index (χ1v) is 16.5. The summed E-state index contributed by atoms with van der Waals surface area (Å²) < 4.78 is 5.97. The zero-order chi connectivity index (χ0) is 30.5. The predicted molar refractivity (Wildman–Crippen MR) is 181 cm³/mol. The standard InChI is InChI=1S/C39H57NO2/c1-6-7-8-9-10-11-12-13-14-15-16-17-18-19-20-31-38(41)42-37(30-23-24-32-39(2,3)4)40(5)33-35-28-25-27-34-26-21-22-29-36(34)35/h13-14,21-23,25-30,37H,6-12,15-20,31,33H2,1-5H3/b14-13-,30-23+. The molecule has 0 saturated carbocycles. The van der Waals surface area contributed by atoms with Crippen molar-refractivity contribution in [3.63, 3.8) is 0 Å². The largest absolute Gasteiger partial charge is 0.443 e. The minimum absolute atomic E-state index is 0.0742. The molecule has 0 saturated heterocycles. The van der Waals surface area contributed by atoms with E-state index in [-0.39, 0.29) is 11.4 Å². The van der Waals surface area contributed by atoms with Crippen LogP contribution in [-0.4, -0.2) is 24.1 Å². The number of hydrogen-bond acceptors (Lipinski definition) is 3. The number of benzene rings is 2. The van der Waals surface area contributed by atoms with Gasteiger partial charge in [0.1, 0.15) is 0 Å². The van der Waals surface area contributed by atoms with Crippen molar-refractivity contribution < 1.29 is 9.53 Å². The van der Waals surface area contributed by atoms with Gasteiger partial charge in [-0.05, 0) is 88.4 Å². The van der Waals surface area contributed by atoms with Crippen molar-refractivity contribution >= 4 is 16.7 Å². The molecular formula is C39H57NO2. The molecule has 0 radical (unpaired) electrons. The molecule has 0 aromatic heterocycles. The number of rotatable bonds is 20. The number of esters is 1. The van der Waals surface area contributed by atoms with Crippen LogP contribution < -0.4 is 0 Å². The number of unbranched alkanes of at least 4 members (excludes halogenated alkanes) is 11. The Kier molecular flexibility index (Phi) is 17.6. The van der Waals surface area contributed by atoms with E-state index in [2.05, 4.69) is 99.1 Å². The molecule has 0 aliphatic carbocycles. The second-order valence-corrected chi connectivity index (χ2v) is 12.6. The molecule has 0 aliphatic heterocycles. The molecule has 42 heavy (non-hydrogen) atoms. The Labute approximate surface area is 257 Å². The Bertz CT molecular complexity index is 1140. The summed E-state index contributed by atoms with van der Waals surface area (Å²) in [5.74, 6) is 6.21. The van der Waals surface area contributed by atoms with Gasteiger partial charge < -0.3 is 4.74 Å². The maximum absolute atomic E-state index is 12.8. The molecule has 0 N–H and O–H groups in total. The van der Waals surface area contributed by atoms with Crippen LogP contribution in [-0.2, 0) is 16.1 Å². The molecule has 0 spiro atoms. The number of allylic oxidation sites excluding steroid dienone is 3. The van der Waals surface area contributed by atoms with Crippen LogP contribution in [0.15, 0.2) is 66.8 Å². The van der Waals surface area contributed by atoms with E-state index in [1.54, 1.807) is 0 Å². The van der Waals surface area contributed by atoms with E-state index in [0.717, 1.165) is 12.8 Å². The lowest BCUT2D eigenvalue weighted by Gasteiger charge is -2.26. The van der Waals surface area contributed by atoms with Crippen molar-refractivity contribution in [2.45, 2.75) is 130 Å². The van der Waals surface area contributed by atoms with Crippen molar-refractivity contribution in [1.29, 1.82) is 0 Å². The zero-order valence-corrected chi connectivity index (χ0v) is 27.3. The van der Waals surface area contributed by atoms with Gasteiger partial charge in [0, 0.05) is 18.4 Å². The third-order valence-corrected chi connectivity index (χ3v) is 7.42. The maximum atomic E-state index is 12.8. The van der Waals surface area contributed by atoms with Gasteiger partial charge in [-0.1, -0.05) is 125 Å². The number of carbonyl (C=O) groups is 1. The van der Waals surface area contributed by atoms with Gasteiger partial charge >= 0.3 is 5.97 Å². The van der Waals surface area contributed by atoms with Gasteiger partial charge in [0.15, 0.2) is 6.23 Å². The second-order valence-electron chi connectivity index (χ2n) is 12.6. The van der Waals surface area contributed by atoms with E-state index in [9.17, 15) is 4.79 Å². The highest BCUT2D eigenvalue weighted by Gasteiger charge is 2.18. The quantitative estimate of drug-likeness (QED) is 0.0520. The van der Waals surface area contributed by atoms with Crippen molar-refractivity contribution in [3.05, 3.63) is 72.3 Å². The minimum Gasteiger partial charge on any atom is -0.443 e. The molecule has 0 heterocycles. The molecule has 3 nitrogen and oxygen atoms in total. The number of nitrogens with zero attached hydrogens (tertiary/aromatic N) is 1. The van der Waals surface area contributed by atoms with Gasteiger partial charge in [0.25, 0.3) is 0 Å². The summed E-state index contributed by atoms with van der Waals surface area (Å²) in [7, 11) is 2.00. The fraction of sp³-hybridized carbons (Fsp3) is 0.564. The number of likely N-dealkylation sites (N-methyl/N-ethyl adjacent to an activating group) is 1. The second kappa shape index (κ2) is 21.0. The van der Waals surface area contributed by atoms with E-state index >= 15 is 0 Å². The number of carbonyl (C=O) groups excluding carboxylic acids is 1. The van der Waals surface area contributed by atoms with Crippen LogP contribution in [0.1, 0.15) is 123 Å². The van der Waals surface area contributed by atoms with Gasteiger partial charge in [0.05, 0.1) is 0 Å². The summed E-state index contributed by atoms with van der Waals surface area (Å²) in [5.41, 5.74) is 1.14. The molecule has 2 aromatic carbocycles. The maximum Gasteiger partial charge on any atom is 0.307 e. The van der Waals surface area contributed by atoms with Crippen molar-refractivity contribution in [2.24, 2.45) is 5.41 Å². The van der Waals surface area contributed by atoms with Crippen LogP contribution >= 0.6 is 0 Å². The molecule has 0 amide bonds. The highest BCUT2D eigenvalue weighted by atomic mass is 16.6. The van der Waals surface area contributed by atoms with Gasteiger partial charge in [0.2, 0.25) is 0 Å². The fourth-order valence-corrected chi connectivity index (χ4v) is 4.99. The van der Waals surface area contributed by atoms with Crippen LogP contribution in [0.3, 0.4) is 0 Å². The van der Waals surface area contributed by atoms with Crippen molar-refractivity contribution in [1.82, 2.24) is 4.90 Å². The monoisotopic (exact) mass is 571 g/mol. The Morgan fingerprint density at radius 1 is 0.857 bits per heavy atom. The van der Waals surface area contributed by atoms with Gasteiger partial charge in [-0.15, -0.1) is 0 Å². The number of fused-ring (bicyclic) bond motifs is 1. The molecule has 1 unspecified atom stereocenters. The van der Waals surface area contributed by atoms with Gasteiger partial charge in [-0.25, -0.2) is 0 Å². The Balaban J connectivity index is 1.75. The van der Waals surface area contributed by atoms with E-state index in [1.165, 1.54) is 87.0 Å². The molecule has 1 atom stereocenters. The number of hydrogen-bond donors (Lipinski definition) is 0. The summed E-state index contributed by atoms with van der Waals surface area (Å²) in [6, 6.07) is 14.8. The molecule has 2 rings (SSSR count). The Hall–Kier alpha value is -2.83. The van der Waals surface area contributed by atoms with Gasteiger partial charge in [-0.3, -0.25) is 9.69 Å². The lowest BCUT2D eigenvalue weighted by molar-refractivity contribution is -0.154. The first kappa shape index (κ1) is 35.4.